The fourth-order valence-electron chi connectivity index (χ4n) is 2.96. The normalized spacial score (nSPS) is 15.8. The Labute approximate surface area is 147 Å². The largest absolute Gasteiger partial charge is 0.273 e. The second-order valence-corrected chi connectivity index (χ2v) is 8.19. The summed E-state index contributed by atoms with van der Waals surface area (Å²) in [6.45, 7) is 3.44. The first-order chi connectivity index (χ1) is 11.8. The minimum Gasteiger partial charge on any atom is -0.258 e. The van der Waals surface area contributed by atoms with E-state index in [9.17, 15) is 18.5 Å². The molecule has 7 heteroatoms. The third-order valence-corrected chi connectivity index (χ3v) is 6.14. The molecular weight excluding hydrogens is 340 g/mol. The predicted molar refractivity (Wildman–Crippen MR) is 94.8 cm³/mol. The number of aryl methyl sites for hydroxylation is 1. The maximum Gasteiger partial charge on any atom is 0.273 e. The predicted octanol–water partition coefficient (Wildman–Crippen LogP) is 3.64. The van der Waals surface area contributed by atoms with Gasteiger partial charge in [0.1, 0.15) is 0 Å². The van der Waals surface area contributed by atoms with Gasteiger partial charge >= 0.3 is 0 Å². The first-order valence-electron chi connectivity index (χ1n) is 8.12. The molecule has 0 heterocycles. The van der Waals surface area contributed by atoms with Gasteiger partial charge in [-0.1, -0.05) is 35.9 Å². The third-order valence-electron chi connectivity index (χ3n) is 4.55. The Bertz CT molecular complexity index is 903. The Morgan fingerprint density at radius 3 is 2.32 bits per heavy atom. The van der Waals surface area contributed by atoms with Gasteiger partial charge in [-0.05, 0) is 44.2 Å². The van der Waals surface area contributed by atoms with Gasteiger partial charge < -0.3 is 0 Å². The number of sulfonamides is 1. The van der Waals surface area contributed by atoms with Crippen molar-refractivity contribution >= 4 is 15.7 Å². The van der Waals surface area contributed by atoms with Gasteiger partial charge in [0.05, 0.1) is 9.82 Å². The lowest BCUT2D eigenvalue weighted by Gasteiger charge is -2.20. The Morgan fingerprint density at radius 2 is 1.76 bits per heavy atom. The van der Waals surface area contributed by atoms with E-state index >= 15 is 0 Å². The average molecular weight is 360 g/mol. The van der Waals surface area contributed by atoms with Crippen LogP contribution < -0.4 is 4.72 Å². The Morgan fingerprint density at radius 1 is 1.12 bits per heavy atom. The molecule has 1 aliphatic rings. The Kier molecular flexibility index (Phi) is 4.62. The zero-order chi connectivity index (χ0) is 18.2. The van der Waals surface area contributed by atoms with E-state index in [0.29, 0.717) is 0 Å². The molecule has 1 aliphatic carbocycles. The topological polar surface area (TPSA) is 89.3 Å². The van der Waals surface area contributed by atoms with Crippen molar-refractivity contribution in [3.8, 4) is 0 Å². The summed E-state index contributed by atoms with van der Waals surface area (Å²) in [6, 6.07) is 11.6. The maximum absolute atomic E-state index is 12.9. The zero-order valence-electron chi connectivity index (χ0n) is 14.1. The van der Waals surface area contributed by atoms with E-state index in [1.807, 2.05) is 31.2 Å². The molecule has 0 spiro atoms. The van der Waals surface area contributed by atoms with Crippen molar-refractivity contribution in [3.05, 3.63) is 69.3 Å². The first kappa shape index (κ1) is 17.6. The molecule has 1 unspecified atom stereocenters. The third kappa shape index (κ3) is 3.72. The number of nitro groups is 1. The van der Waals surface area contributed by atoms with E-state index in [4.69, 9.17) is 0 Å². The Balaban J connectivity index is 1.96. The van der Waals surface area contributed by atoms with Crippen LogP contribution in [0, 0.1) is 29.9 Å². The number of nitro benzene ring substituents is 1. The van der Waals surface area contributed by atoms with E-state index in [-0.39, 0.29) is 28.1 Å². The standard InChI is InChI=1S/C18H20N2O4S/c1-12-6-8-14(9-7-12)18(15-10-11-15)19-25(23,24)17-5-3-4-16(13(17)2)20(21)22/h3-9,15,18-19H,10-11H2,1-2H3. The molecule has 1 N–H and O–H groups in total. The van der Waals surface area contributed by atoms with E-state index in [1.54, 1.807) is 0 Å². The van der Waals surface area contributed by atoms with Crippen molar-refractivity contribution < 1.29 is 13.3 Å². The van der Waals surface area contributed by atoms with Gasteiger partial charge in [0, 0.05) is 17.7 Å². The van der Waals surface area contributed by atoms with Gasteiger partial charge in [-0.3, -0.25) is 10.1 Å². The summed E-state index contributed by atoms with van der Waals surface area (Å²) in [5.41, 5.74) is 1.98. The number of nitrogens with zero attached hydrogens (tertiary/aromatic N) is 1. The van der Waals surface area contributed by atoms with Crippen LogP contribution in [0.2, 0.25) is 0 Å². The van der Waals surface area contributed by atoms with E-state index < -0.39 is 14.9 Å². The molecule has 1 fully saturated rings. The Hall–Kier alpha value is -2.25. The lowest BCUT2D eigenvalue weighted by molar-refractivity contribution is -0.385. The summed E-state index contributed by atoms with van der Waals surface area (Å²) >= 11 is 0. The molecule has 1 saturated carbocycles. The molecular formula is C18H20N2O4S. The van der Waals surface area contributed by atoms with Crippen molar-refractivity contribution in [1.82, 2.24) is 4.72 Å². The molecule has 6 nitrogen and oxygen atoms in total. The van der Waals surface area contributed by atoms with Crippen molar-refractivity contribution in [2.75, 3.05) is 0 Å². The summed E-state index contributed by atoms with van der Waals surface area (Å²) in [6.07, 6.45) is 1.93. The number of hydrogen-bond acceptors (Lipinski definition) is 4. The van der Waals surface area contributed by atoms with Crippen molar-refractivity contribution in [3.63, 3.8) is 0 Å². The highest BCUT2D eigenvalue weighted by Crippen LogP contribution is 2.42. The minimum atomic E-state index is -3.86. The SMILES string of the molecule is Cc1ccc(C(NS(=O)(=O)c2cccc([N+](=O)[O-])c2C)C2CC2)cc1. The van der Waals surface area contributed by atoms with Gasteiger partial charge in [0.15, 0.2) is 0 Å². The summed E-state index contributed by atoms with van der Waals surface area (Å²) in [7, 11) is -3.86. The molecule has 25 heavy (non-hydrogen) atoms. The lowest BCUT2D eigenvalue weighted by atomic mass is 10.0. The zero-order valence-corrected chi connectivity index (χ0v) is 14.9. The van der Waals surface area contributed by atoms with Gasteiger partial charge in [0.2, 0.25) is 10.0 Å². The van der Waals surface area contributed by atoms with Crippen LogP contribution in [0.25, 0.3) is 0 Å². The minimum absolute atomic E-state index is 0.0422. The molecule has 1 atom stereocenters. The quantitative estimate of drug-likeness (QED) is 0.629. The van der Waals surface area contributed by atoms with Gasteiger partial charge in [-0.2, -0.15) is 0 Å². The number of rotatable bonds is 6. The summed E-state index contributed by atoms with van der Waals surface area (Å²) in [4.78, 5) is 10.5. The van der Waals surface area contributed by atoms with Crippen LogP contribution in [0.3, 0.4) is 0 Å². The van der Waals surface area contributed by atoms with E-state index in [1.165, 1.54) is 25.1 Å². The van der Waals surface area contributed by atoms with Gasteiger partial charge in [0.25, 0.3) is 5.69 Å². The van der Waals surface area contributed by atoms with Gasteiger partial charge in [-0.15, -0.1) is 0 Å². The molecule has 2 aromatic rings. The van der Waals surface area contributed by atoms with Crippen LogP contribution in [0.4, 0.5) is 5.69 Å². The molecule has 2 aromatic carbocycles. The smallest absolute Gasteiger partial charge is 0.258 e. The summed E-state index contributed by atoms with van der Waals surface area (Å²) < 4.78 is 28.5. The molecule has 0 aliphatic heterocycles. The lowest BCUT2D eigenvalue weighted by Crippen LogP contribution is -2.30. The monoisotopic (exact) mass is 360 g/mol. The van der Waals surface area contributed by atoms with E-state index in [0.717, 1.165) is 24.0 Å². The number of nitrogens with one attached hydrogen (secondary N) is 1. The summed E-state index contributed by atoms with van der Waals surface area (Å²) in [5, 5.41) is 11.1. The molecule has 132 valence electrons. The molecule has 0 bridgehead atoms. The highest BCUT2D eigenvalue weighted by molar-refractivity contribution is 7.89. The molecule has 0 aromatic heterocycles. The van der Waals surface area contributed by atoms with E-state index in [2.05, 4.69) is 4.72 Å². The second-order valence-electron chi connectivity index (χ2n) is 6.50. The highest BCUT2D eigenvalue weighted by Gasteiger charge is 2.36. The molecule has 0 amide bonds. The van der Waals surface area contributed by atoms with Crippen LogP contribution in [-0.2, 0) is 10.0 Å². The fourth-order valence-corrected chi connectivity index (χ4v) is 4.52. The first-order valence-corrected chi connectivity index (χ1v) is 9.61. The van der Waals surface area contributed by atoms with Crippen molar-refractivity contribution in [2.24, 2.45) is 5.92 Å². The van der Waals surface area contributed by atoms with Crippen molar-refractivity contribution in [1.29, 1.82) is 0 Å². The average Bonchev–Trinajstić information content (AvgIpc) is 3.38. The van der Waals surface area contributed by atoms with Crippen LogP contribution in [0.1, 0.15) is 35.6 Å². The van der Waals surface area contributed by atoms with Crippen molar-refractivity contribution in [2.45, 2.75) is 37.6 Å². The maximum atomic E-state index is 12.9. The highest BCUT2D eigenvalue weighted by atomic mass is 32.2. The number of hydrogen-bond donors (Lipinski definition) is 1. The number of benzene rings is 2. The van der Waals surface area contributed by atoms with Crippen LogP contribution >= 0.6 is 0 Å². The van der Waals surface area contributed by atoms with Crippen LogP contribution in [0.15, 0.2) is 47.4 Å². The molecule has 0 radical (unpaired) electrons. The van der Waals surface area contributed by atoms with Gasteiger partial charge in [-0.25, -0.2) is 13.1 Å². The van der Waals surface area contributed by atoms with Crippen LogP contribution in [0.5, 0.6) is 0 Å². The summed E-state index contributed by atoms with van der Waals surface area (Å²) in [5.74, 6) is 0.261. The molecule has 3 rings (SSSR count). The molecule has 0 saturated heterocycles. The van der Waals surface area contributed by atoms with Crippen LogP contribution in [-0.4, -0.2) is 13.3 Å². The fraction of sp³-hybridized carbons (Fsp3) is 0.333. The second kappa shape index (κ2) is 6.57.